The summed E-state index contributed by atoms with van der Waals surface area (Å²) in [6.45, 7) is 4.48. The quantitative estimate of drug-likeness (QED) is 0.542. The van der Waals surface area contributed by atoms with Gasteiger partial charge in [0.15, 0.2) is 16.6 Å². The third-order valence-electron chi connectivity index (χ3n) is 6.66. The number of aryl methyl sites for hydroxylation is 1. The Bertz CT molecular complexity index is 1050. The third-order valence-corrected chi connectivity index (χ3v) is 7.64. The second-order valence-corrected chi connectivity index (χ2v) is 10.2. The summed E-state index contributed by atoms with van der Waals surface area (Å²) in [5.74, 6) is 1.83. The number of benzene rings is 1. The van der Waals surface area contributed by atoms with E-state index < -0.39 is 0 Å². The molecule has 3 heterocycles. The Labute approximate surface area is 203 Å². The van der Waals surface area contributed by atoms with Crippen LogP contribution < -0.4 is 14.4 Å². The number of nitrogens with zero attached hydrogens (tertiary/aromatic N) is 3. The van der Waals surface area contributed by atoms with E-state index in [1.54, 1.807) is 16.9 Å². The fourth-order valence-electron chi connectivity index (χ4n) is 4.53. The van der Waals surface area contributed by atoms with Crippen molar-refractivity contribution in [3.05, 3.63) is 34.8 Å². The lowest BCUT2D eigenvalue weighted by Crippen LogP contribution is -2.42. The first-order valence-electron chi connectivity index (χ1n) is 11.9. The fourth-order valence-corrected chi connectivity index (χ4v) is 5.36. The average molecular weight is 486 g/mol. The van der Waals surface area contributed by atoms with Gasteiger partial charge in [0.25, 0.3) is 0 Å². The lowest BCUT2D eigenvalue weighted by Gasteiger charge is -2.24. The molecule has 1 aromatic carbocycles. The molecule has 5 rings (SSSR count). The SMILES string of the molecule is COc1ccc([C@@H]2CC(=O)N(CC(=O)N(CC3CC3)c3nc(C)cs3)C2)cc1O[C@@H]1CCOC1. The molecule has 2 aromatic rings. The van der Waals surface area contributed by atoms with E-state index in [-0.39, 0.29) is 30.4 Å². The molecule has 1 saturated carbocycles. The van der Waals surface area contributed by atoms with Crippen molar-refractivity contribution < 1.29 is 23.8 Å². The van der Waals surface area contributed by atoms with Gasteiger partial charge in [0.2, 0.25) is 11.8 Å². The number of hydrogen-bond donors (Lipinski definition) is 0. The molecule has 0 N–H and O–H groups in total. The van der Waals surface area contributed by atoms with Crippen molar-refractivity contribution in [2.45, 2.75) is 44.6 Å². The van der Waals surface area contributed by atoms with Gasteiger partial charge in [-0.1, -0.05) is 6.07 Å². The van der Waals surface area contributed by atoms with Crippen molar-refractivity contribution in [3.8, 4) is 11.5 Å². The summed E-state index contributed by atoms with van der Waals surface area (Å²) in [5, 5.41) is 2.69. The molecule has 0 spiro atoms. The highest BCUT2D eigenvalue weighted by Crippen LogP contribution is 2.37. The van der Waals surface area contributed by atoms with Gasteiger partial charge >= 0.3 is 0 Å². The Morgan fingerprint density at radius 3 is 2.82 bits per heavy atom. The highest BCUT2D eigenvalue weighted by molar-refractivity contribution is 7.14. The van der Waals surface area contributed by atoms with Crippen LogP contribution in [0.1, 0.15) is 42.9 Å². The summed E-state index contributed by atoms with van der Waals surface area (Å²) in [5.41, 5.74) is 1.93. The molecule has 0 unspecified atom stereocenters. The molecule has 9 heteroatoms. The van der Waals surface area contributed by atoms with Gasteiger partial charge in [0.05, 0.1) is 26.0 Å². The number of ether oxygens (including phenoxy) is 3. The third kappa shape index (κ3) is 5.20. The lowest BCUT2D eigenvalue weighted by molar-refractivity contribution is -0.132. The molecule has 182 valence electrons. The van der Waals surface area contributed by atoms with Crippen LogP contribution in [0.25, 0.3) is 0 Å². The molecule has 8 nitrogen and oxygen atoms in total. The number of rotatable bonds is 9. The number of carbonyl (C=O) groups excluding carboxylic acids is 2. The summed E-state index contributed by atoms with van der Waals surface area (Å²) in [6, 6.07) is 5.84. The van der Waals surface area contributed by atoms with E-state index in [0.29, 0.717) is 50.1 Å². The summed E-state index contributed by atoms with van der Waals surface area (Å²) in [6.07, 6.45) is 3.53. The minimum Gasteiger partial charge on any atom is -0.493 e. The van der Waals surface area contributed by atoms with Gasteiger partial charge in [0.1, 0.15) is 12.6 Å². The highest BCUT2D eigenvalue weighted by atomic mass is 32.1. The number of anilines is 1. The Kier molecular flexibility index (Phi) is 6.74. The number of aromatic nitrogens is 1. The van der Waals surface area contributed by atoms with Gasteiger partial charge in [-0.15, -0.1) is 11.3 Å². The van der Waals surface area contributed by atoms with Gasteiger partial charge in [-0.2, -0.15) is 0 Å². The van der Waals surface area contributed by atoms with Crippen LogP contribution in [0, 0.1) is 12.8 Å². The lowest BCUT2D eigenvalue weighted by atomic mass is 9.98. The second-order valence-electron chi connectivity index (χ2n) is 9.41. The molecular weight excluding hydrogens is 454 g/mol. The Morgan fingerprint density at radius 2 is 2.15 bits per heavy atom. The van der Waals surface area contributed by atoms with Gasteiger partial charge in [-0.05, 0) is 43.4 Å². The van der Waals surface area contributed by atoms with Crippen LogP contribution in [0.3, 0.4) is 0 Å². The van der Waals surface area contributed by atoms with Crippen LogP contribution in [-0.2, 0) is 14.3 Å². The monoisotopic (exact) mass is 485 g/mol. The molecule has 34 heavy (non-hydrogen) atoms. The van der Waals surface area contributed by atoms with Crippen molar-refractivity contribution in [2.24, 2.45) is 5.92 Å². The zero-order chi connectivity index (χ0) is 23.7. The van der Waals surface area contributed by atoms with Crippen LogP contribution >= 0.6 is 11.3 Å². The number of methoxy groups -OCH3 is 1. The molecule has 2 amide bonds. The van der Waals surface area contributed by atoms with Gasteiger partial charge in [-0.3, -0.25) is 14.5 Å². The number of thiazole rings is 1. The standard InChI is InChI=1S/C25H31N3O5S/c1-16-15-34-25(26-16)28(11-17-3-4-17)24(30)13-27-12-19(10-23(27)29)18-5-6-21(31-2)22(9-18)33-20-7-8-32-14-20/h5-6,9,15,17,19-20H,3-4,7-8,10-14H2,1-2H3/t19-,20-/m1/s1. The molecule has 2 aliphatic heterocycles. The molecule has 1 aliphatic carbocycles. The molecule has 2 atom stereocenters. The normalized spacial score (nSPS) is 22.3. The number of hydrogen-bond acceptors (Lipinski definition) is 7. The van der Waals surface area contributed by atoms with Gasteiger partial charge < -0.3 is 19.1 Å². The first kappa shape index (κ1) is 23.1. The molecule has 0 radical (unpaired) electrons. The highest BCUT2D eigenvalue weighted by Gasteiger charge is 2.35. The van der Waals surface area contributed by atoms with E-state index in [0.717, 1.165) is 35.7 Å². The van der Waals surface area contributed by atoms with Crippen molar-refractivity contribution in [1.29, 1.82) is 0 Å². The minimum atomic E-state index is -0.0600. The Hall–Kier alpha value is -2.65. The van der Waals surface area contributed by atoms with Crippen molar-refractivity contribution in [3.63, 3.8) is 0 Å². The predicted octanol–water partition coefficient (Wildman–Crippen LogP) is 3.39. The predicted molar refractivity (Wildman–Crippen MR) is 129 cm³/mol. The molecule has 1 aromatic heterocycles. The Morgan fingerprint density at radius 1 is 1.29 bits per heavy atom. The summed E-state index contributed by atoms with van der Waals surface area (Å²) in [7, 11) is 1.62. The minimum absolute atomic E-state index is 0.00233. The van der Waals surface area contributed by atoms with E-state index >= 15 is 0 Å². The number of amides is 2. The maximum atomic E-state index is 13.2. The summed E-state index contributed by atoms with van der Waals surface area (Å²) < 4.78 is 17.0. The molecular formula is C25H31N3O5S. The van der Waals surface area contributed by atoms with Crippen LogP contribution in [0.5, 0.6) is 11.5 Å². The van der Waals surface area contributed by atoms with Crippen LogP contribution in [0.4, 0.5) is 5.13 Å². The molecule has 3 aliphatic rings. The summed E-state index contributed by atoms with van der Waals surface area (Å²) in [4.78, 5) is 34.1. The molecule has 3 fully saturated rings. The van der Waals surface area contributed by atoms with E-state index in [1.807, 2.05) is 30.5 Å². The largest absolute Gasteiger partial charge is 0.493 e. The van der Waals surface area contributed by atoms with E-state index in [9.17, 15) is 9.59 Å². The first-order valence-corrected chi connectivity index (χ1v) is 12.8. The number of carbonyl (C=O) groups is 2. The maximum Gasteiger partial charge on any atom is 0.248 e. The van der Waals surface area contributed by atoms with Crippen molar-refractivity contribution >= 4 is 28.3 Å². The summed E-state index contributed by atoms with van der Waals surface area (Å²) >= 11 is 1.49. The van der Waals surface area contributed by atoms with Crippen molar-refractivity contribution in [1.82, 2.24) is 9.88 Å². The number of likely N-dealkylation sites (tertiary alicyclic amines) is 1. The van der Waals surface area contributed by atoms with E-state index in [4.69, 9.17) is 14.2 Å². The van der Waals surface area contributed by atoms with Crippen LogP contribution in [-0.4, -0.2) is 67.8 Å². The van der Waals surface area contributed by atoms with E-state index in [1.165, 1.54) is 11.3 Å². The van der Waals surface area contributed by atoms with Crippen LogP contribution in [0.15, 0.2) is 23.6 Å². The zero-order valence-corrected chi connectivity index (χ0v) is 20.5. The van der Waals surface area contributed by atoms with Crippen LogP contribution in [0.2, 0.25) is 0 Å². The fraction of sp³-hybridized carbons (Fsp3) is 0.560. The second kappa shape index (κ2) is 9.92. The van der Waals surface area contributed by atoms with Crippen molar-refractivity contribution in [2.75, 3.05) is 44.9 Å². The Balaban J connectivity index is 1.27. The zero-order valence-electron chi connectivity index (χ0n) is 19.7. The topological polar surface area (TPSA) is 81.2 Å². The molecule has 2 saturated heterocycles. The van der Waals surface area contributed by atoms with Gasteiger partial charge in [0, 0.05) is 37.2 Å². The van der Waals surface area contributed by atoms with Gasteiger partial charge in [-0.25, -0.2) is 4.98 Å². The average Bonchev–Trinajstić information content (AvgIpc) is 3.15. The smallest absolute Gasteiger partial charge is 0.248 e. The maximum absolute atomic E-state index is 13.2. The van der Waals surface area contributed by atoms with E-state index in [2.05, 4.69) is 4.98 Å². The first-order chi connectivity index (χ1) is 16.5. The molecule has 0 bridgehead atoms.